The summed E-state index contributed by atoms with van der Waals surface area (Å²) in [4.78, 5) is 11.5. The van der Waals surface area contributed by atoms with Gasteiger partial charge in [-0.2, -0.15) is 0 Å². The zero-order valence-corrected chi connectivity index (χ0v) is 15.5. The van der Waals surface area contributed by atoms with Crippen molar-refractivity contribution in [2.24, 2.45) is 0 Å². The molecule has 0 aromatic carbocycles. The van der Waals surface area contributed by atoms with Crippen LogP contribution in [0.3, 0.4) is 0 Å². The summed E-state index contributed by atoms with van der Waals surface area (Å²) in [7, 11) is 2.23. The summed E-state index contributed by atoms with van der Waals surface area (Å²) in [6, 6.07) is 0. The van der Waals surface area contributed by atoms with Crippen molar-refractivity contribution < 1.29 is 4.79 Å². The van der Waals surface area contributed by atoms with E-state index < -0.39 is 21.7 Å². The van der Waals surface area contributed by atoms with E-state index in [1.54, 1.807) is 0 Å². The van der Waals surface area contributed by atoms with Crippen molar-refractivity contribution in [3.63, 3.8) is 0 Å². The number of nitrogens with zero attached hydrogens (tertiary/aromatic N) is 1. The molecule has 0 unspecified atom stereocenters. The number of hydrogen-bond acceptors (Lipinski definition) is 2. The summed E-state index contributed by atoms with van der Waals surface area (Å²) in [6.45, 7) is 8.65. The van der Waals surface area contributed by atoms with E-state index >= 15 is 0 Å². The van der Waals surface area contributed by atoms with Gasteiger partial charge in [0.15, 0.2) is 0 Å². The Kier molecular flexibility index (Phi) is 10.1. The second-order valence-electron chi connectivity index (χ2n) is 4.65. The molecule has 0 aromatic heterocycles. The molecular weight excluding hydrogens is 313 g/mol. The molecule has 98 valence electrons. The summed E-state index contributed by atoms with van der Waals surface area (Å²) in [6.07, 6.45) is 6.09. The molecule has 0 atom stereocenters. The molecule has 0 spiro atoms. The standard InChI is InChI=1S/C8H15NO.2C3H7.In/c1-4-7(9-3)6-8(10)5-2;2*1-3-2;/h6H,4-5H2,1-3H3,(H,9,10);2*1,3H2,2H3;/q;;;+1/p-1. The minimum atomic E-state index is -1.60. The molecule has 0 heterocycles. The number of hydrogen-bond donors (Lipinski definition) is 0. The molecule has 0 aliphatic rings. The quantitative estimate of drug-likeness (QED) is 0.591. The summed E-state index contributed by atoms with van der Waals surface area (Å²) in [5.74, 6) is 0.270. The first-order valence-electron chi connectivity index (χ1n) is 7.06. The SMILES string of the molecule is CC[CH2][In]([CH2]CC)[N](C)/C(=C\C(=O)CC)CC. The third kappa shape index (κ3) is 6.54. The molecule has 0 saturated carbocycles. The normalized spacial score (nSPS) is 11.5. The van der Waals surface area contributed by atoms with Gasteiger partial charge in [-0.25, -0.2) is 0 Å². The van der Waals surface area contributed by atoms with Crippen LogP contribution in [0.15, 0.2) is 11.8 Å². The second-order valence-corrected chi connectivity index (χ2v) is 13.9. The average molecular weight is 341 g/mol. The van der Waals surface area contributed by atoms with Gasteiger partial charge >= 0.3 is 116 Å². The number of rotatable bonds is 9. The first-order valence-corrected chi connectivity index (χ1v) is 13.2. The second kappa shape index (κ2) is 10.0. The summed E-state index contributed by atoms with van der Waals surface area (Å²) in [5, 5.41) is 0. The topological polar surface area (TPSA) is 20.3 Å². The Morgan fingerprint density at radius 1 is 1.06 bits per heavy atom. The van der Waals surface area contributed by atoms with E-state index in [0.29, 0.717) is 6.42 Å². The van der Waals surface area contributed by atoms with Gasteiger partial charge in [-0.3, -0.25) is 0 Å². The van der Waals surface area contributed by atoms with Gasteiger partial charge in [0.1, 0.15) is 0 Å². The monoisotopic (exact) mass is 341 g/mol. The number of allylic oxidation sites excluding steroid dienone is 2. The zero-order valence-electron chi connectivity index (χ0n) is 12.3. The third-order valence-corrected chi connectivity index (χ3v) is 14.5. The minimum absolute atomic E-state index is 0.270. The Balaban J connectivity index is 4.73. The molecule has 0 amide bonds. The van der Waals surface area contributed by atoms with Crippen LogP contribution in [0.2, 0.25) is 8.35 Å². The van der Waals surface area contributed by atoms with Gasteiger partial charge < -0.3 is 0 Å². The molecule has 0 N–H and O–H groups in total. The van der Waals surface area contributed by atoms with Crippen molar-refractivity contribution in [1.82, 2.24) is 2.89 Å². The summed E-state index contributed by atoms with van der Waals surface area (Å²) < 4.78 is 5.37. The first-order chi connectivity index (χ1) is 8.10. The maximum atomic E-state index is 11.5. The van der Waals surface area contributed by atoms with Gasteiger partial charge in [0, 0.05) is 0 Å². The first kappa shape index (κ1) is 17.1. The predicted octanol–water partition coefficient (Wildman–Crippen LogP) is 4.00. The van der Waals surface area contributed by atoms with Gasteiger partial charge in [-0.1, -0.05) is 0 Å². The van der Waals surface area contributed by atoms with E-state index in [9.17, 15) is 4.79 Å². The van der Waals surface area contributed by atoms with Gasteiger partial charge in [-0.15, -0.1) is 0 Å². The number of carbonyl (C=O) groups is 1. The van der Waals surface area contributed by atoms with E-state index in [1.807, 2.05) is 13.0 Å². The van der Waals surface area contributed by atoms with Crippen LogP contribution in [0.5, 0.6) is 0 Å². The predicted molar refractivity (Wildman–Crippen MR) is 77.4 cm³/mol. The van der Waals surface area contributed by atoms with Crippen LogP contribution in [0, 0.1) is 0 Å². The number of ketones is 1. The van der Waals surface area contributed by atoms with Gasteiger partial charge in [0.2, 0.25) is 0 Å². The third-order valence-electron chi connectivity index (χ3n) is 3.28. The summed E-state index contributed by atoms with van der Waals surface area (Å²) in [5.41, 5.74) is 1.28. The van der Waals surface area contributed by atoms with E-state index in [4.69, 9.17) is 0 Å². The van der Waals surface area contributed by atoms with Crippen molar-refractivity contribution in [3.05, 3.63) is 11.8 Å². The fourth-order valence-electron chi connectivity index (χ4n) is 2.17. The van der Waals surface area contributed by atoms with Gasteiger partial charge in [-0.05, 0) is 0 Å². The van der Waals surface area contributed by atoms with Gasteiger partial charge in [0.05, 0.1) is 0 Å². The fraction of sp³-hybridized carbons (Fsp3) is 0.786. The molecule has 0 rings (SSSR count). The van der Waals surface area contributed by atoms with Crippen LogP contribution in [0.4, 0.5) is 0 Å². The Hall–Kier alpha value is 0.0801. The number of carbonyl (C=O) groups excluding carboxylic acids is 1. The Morgan fingerprint density at radius 2 is 1.59 bits per heavy atom. The molecule has 3 heteroatoms. The maximum absolute atomic E-state index is 11.5. The van der Waals surface area contributed by atoms with Crippen LogP contribution in [0.1, 0.15) is 53.4 Å². The molecule has 0 aliphatic heterocycles. The Labute approximate surface area is 115 Å². The van der Waals surface area contributed by atoms with Gasteiger partial charge in [0.25, 0.3) is 0 Å². The average Bonchev–Trinajstić information content (AvgIpc) is 2.34. The molecule has 17 heavy (non-hydrogen) atoms. The Morgan fingerprint density at radius 3 is 1.94 bits per heavy atom. The van der Waals surface area contributed by atoms with Crippen molar-refractivity contribution in [3.8, 4) is 0 Å². The van der Waals surface area contributed by atoms with Crippen molar-refractivity contribution in [2.45, 2.75) is 61.7 Å². The molecule has 0 aromatic rings. The van der Waals surface area contributed by atoms with Crippen LogP contribution >= 0.6 is 0 Å². The van der Waals surface area contributed by atoms with Crippen molar-refractivity contribution in [1.29, 1.82) is 0 Å². The van der Waals surface area contributed by atoms with E-state index in [2.05, 4.69) is 30.7 Å². The molecular formula is C14H28InNO. The molecule has 2 nitrogen and oxygen atoms in total. The van der Waals surface area contributed by atoms with Crippen LogP contribution < -0.4 is 0 Å². The molecule has 0 aliphatic carbocycles. The van der Waals surface area contributed by atoms with E-state index in [0.717, 1.165) is 6.42 Å². The van der Waals surface area contributed by atoms with Crippen molar-refractivity contribution >= 4 is 27.5 Å². The van der Waals surface area contributed by atoms with Crippen LogP contribution in [-0.2, 0) is 4.79 Å². The summed E-state index contributed by atoms with van der Waals surface area (Å²) >= 11 is -1.60. The molecule has 0 fully saturated rings. The molecule has 0 saturated heterocycles. The van der Waals surface area contributed by atoms with Crippen LogP contribution in [-0.4, -0.2) is 37.4 Å². The van der Waals surface area contributed by atoms with Crippen molar-refractivity contribution in [2.75, 3.05) is 7.05 Å². The van der Waals surface area contributed by atoms with E-state index in [1.165, 1.54) is 26.9 Å². The van der Waals surface area contributed by atoms with Crippen LogP contribution in [0.25, 0.3) is 0 Å². The zero-order chi connectivity index (χ0) is 13.3. The van der Waals surface area contributed by atoms with E-state index in [-0.39, 0.29) is 5.78 Å². The fourth-order valence-corrected chi connectivity index (χ4v) is 11.1. The molecule has 0 bridgehead atoms. The Bertz CT molecular complexity index is 245. The molecule has 0 radical (unpaired) electrons.